The average molecular weight is 468 g/mol. The van der Waals surface area contributed by atoms with Gasteiger partial charge in [0.1, 0.15) is 5.82 Å². The van der Waals surface area contributed by atoms with E-state index in [1.807, 2.05) is 60.7 Å². The number of hydrogen-bond acceptors (Lipinski definition) is 3. The highest BCUT2D eigenvalue weighted by Crippen LogP contribution is 2.29. The van der Waals surface area contributed by atoms with E-state index in [-0.39, 0.29) is 4.90 Å². The van der Waals surface area contributed by atoms with Gasteiger partial charge in [0.25, 0.3) is 0 Å². The predicted molar refractivity (Wildman–Crippen MR) is 121 cm³/mol. The van der Waals surface area contributed by atoms with Gasteiger partial charge in [-0.15, -0.1) is 0 Å². The Balaban J connectivity index is 1.72. The van der Waals surface area contributed by atoms with Crippen molar-refractivity contribution in [2.45, 2.75) is 4.90 Å². The van der Waals surface area contributed by atoms with Gasteiger partial charge in [-0.1, -0.05) is 58.4 Å². The zero-order valence-corrected chi connectivity index (χ0v) is 18.0. The molecule has 4 rings (SSSR count). The number of sulfonamides is 1. The highest BCUT2D eigenvalue weighted by Gasteiger charge is 2.17. The molecule has 0 saturated carbocycles. The van der Waals surface area contributed by atoms with Crippen LogP contribution in [-0.2, 0) is 10.0 Å². The maximum Gasteiger partial charge on any atom is 0.240 e. The van der Waals surface area contributed by atoms with Crippen molar-refractivity contribution < 1.29 is 8.42 Å². The summed E-state index contributed by atoms with van der Waals surface area (Å²) in [6.45, 7) is 0. The molecule has 3 aromatic carbocycles. The molecular formula is C22H18BrN3O2S. The number of aromatic amines is 1. The number of aromatic nitrogens is 2. The molecule has 29 heavy (non-hydrogen) atoms. The second-order valence-electron chi connectivity index (χ2n) is 6.45. The summed E-state index contributed by atoms with van der Waals surface area (Å²) < 4.78 is 28.1. The second kappa shape index (κ2) is 7.94. The van der Waals surface area contributed by atoms with Gasteiger partial charge in [0.05, 0.1) is 15.9 Å². The maximum atomic E-state index is 12.4. The summed E-state index contributed by atoms with van der Waals surface area (Å²) in [6, 6.07) is 20.6. The van der Waals surface area contributed by atoms with Crippen molar-refractivity contribution in [3.8, 4) is 11.1 Å². The smallest absolute Gasteiger partial charge is 0.240 e. The number of hydrogen-bond donors (Lipinski definition) is 2. The van der Waals surface area contributed by atoms with E-state index >= 15 is 0 Å². The quantitative estimate of drug-likeness (QED) is 0.430. The summed E-state index contributed by atoms with van der Waals surface area (Å²) in [5, 5.41) is 0. The monoisotopic (exact) mass is 467 g/mol. The van der Waals surface area contributed by atoms with Crippen LogP contribution in [0.15, 0.2) is 76.1 Å². The lowest BCUT2D eigenvalue weighted by molar-refractivity contribution is 0.588. The lowest BCUT2D eigenvalue weighted by Gasteiger charge is -2.09. The van der Waals surface area contributed by atoms with Gasteiger partial charge in [-0.2, -0.15) is 0 Å². The van der Waals surface area contributed by atoms with Gasteiger partial charge < -0.3 is 4.98 Å². The minimum absolute atomic E-state index is 0.243. The largest absolute Gasteiger partial charge is 0.338 e. The Morgan fingerprint density at radius 3 is 2.62 bits per heavy atom. The molecular weight excluding hydrogens is 450 g/mol. The molecule has 0 fully saturated rings. The normalized spacial score (nSPS) is 12.1. The van der Waals surface area contributed by atoms with Crippen molar-refractivity contribution in [1.29, 1.82) is 0 Å². The van der Waals surface area contributed by atoms with Crippen LogP contribution in [0.3, 0.4) is 0 Å². The van der Waals surface area contributed by atoms with E-state index in [1.54, 1.807) is 18.2 Å². The molecule has 146 valence electrons. The van der Waals surface area contributed by atoms with Crippen LogP contribution in [0, 0.1) is 0 Å². The van der Waals surface area contributed by atoms with E-state index in [0.717, 1.165) is 32.5 Å². The first-order valence-electron chi connectivity index (χ1n) is 8.93. The Hall–Kier alpha value is -2.74. The van der Waals surface area contributed by atoms with E-state index < -0.39 is 10.0 Å². The lowest BCUT2D eigenvalue weighted by Crippen LogP contribution is -2.19. The Kier molecular flexibility index (Phi) is 5.36. The van der Waals surface area contributed by atoms with Crippen LogP contribution < -0.4 is 4.72 Å². The molecule has 7 heteroatoms. The Labute approximate surface area is 177 Å². The zero-order chi connectivity index (χ0) is 20.4. The Bertz CT molecular complexity index is 1330. The zero-order valence-electron chi connectivity index (χ0n) is 15.6. The number of nitrogens with zero attached hydrogens (tertiary/aromatic N) is 1. The molecule has 0 unspecified atom stereocenters. The van der Waals surface area contributed by atoms with Crippen LogP contribution in [0.4, 0.5) is 0 Å². The van der Waals surface area contributed by atoms with E-state index in [4.69, 9.17) is 0 Å². The van der Waals surface area contributed by atoms with Crippen molar-refractivity contribution in [3.05, 3.63) is 82.6 Å². The standard InChI is InChI=1S/C22H18BrN3O2S/c1-24-29(27,28)21-8-3-2-7-18(21)16-10-11-19-20(14-16)26-22(25-19)12-9-15-5-4-6-17(23)13-15/h2-14,24H,1H3,(H,25,26)/b12-9+. The highest BCUT2D eigenvalue weighted by atomic mass is 79.9. The van der Waals surface area contributed by atoms with Crippen LogP contribution in [0.2, 0.25) is 0 Å². The summed E-state index contributed by atoms with van der Waals surface area (Å²) in [7, 11) is -2.15. The molecule has 1 aromatic heterocycles. The fourth-order valence-electron chi connectivity index (χ4n) is 3.11. The van der Waals surface area contributed by atoms with Gasteiger partial charge in [0.15, 0.2) is 0 Å². The van der Waals surface area contributed by atoms with Gasteiger partial charge in [-0.25, -0.2) is 18.1 Å². The molecule has 0 aliphatic carbocycles. The van der Waals surface area contributed by atoms with Gasteiger partial charge in [-0.05, 0) is 54.6 Å². The van der Waals surface area contributed by atoms with E-state index in [2.05, 4.69) is 30.6 Å². The summed E-state index contributed by atoms with van der Waals surface area (Å²) >= 11 is 3.47. The fraction of sp³-hybridized carbons (Fsp3) is 0.0455. The van der Waals surface area contributed by atoms with E-state index in [9.17, 15) is 8.42 Å². The molecule has 4 aromatic rings. The summed E-state index contributed by atoms with van der Waals surface area (Å²) in [4.78, 5) is 8.15. The summed E-state index contributed by atoms with van der Waals surface area (Å²) in [5.41, 5.74) is 4.15. The third kappa shape index (κ3) is 4.17. The molecule has 0 aliphatic heterocycles. The number of rotatable bonds is 5. The van der Waals surface area contributed by atoms with Gasteiger partial charge in [0.2, 0.25) is 10.0 Å². The van der Waals surface area contributed by atoms with Gasteiger partial charge in [0, 0.05) is 10.0 Å². The maximum absolute atomic E-state index is 12.4. The number of imidazole rings is 1. The second-order valence-corrected chi connectivity index (χ2v) is 9.22. The van der Waals surface area contributed by atoms with Crippen LogP contribution in [-0.4, -0.2) is 25.4 Å². The van der Waals surface area contributed by atoms with Crippen molar-refractivity contribution in [2.24, 2.45) is 0 Å². The molecule has 0 saturated heterocycles. The Morgan fingerprint density at radius 2 is 1.83 bits per heavy atom. The minimum atomic E-state index is -3.56. The van der Waals surface area contributed by atoms with Crippen molar-refractivity contribution in [3.63, 3.8) is 0 Å². The van der Waals surface area contributed by atoms with Crippen LogP contribution in [0.25, 0.3) is 34.3 Å². The molecule has 5 nitrogen and oxygen atoms in total. The van der Waals surface area contributed by atoms with Crippen LogP contribution in [0.5, 0.6) is 0 Å². The molecule has 2 N–H and O–H groups in total. The van der Waals surface area contributed by atoms with Crippen molar-refractivity contribution in [1.82, 2.24) is 14.7 Å². The molecule has 0 spiro atoms. The van der Waals surface area contributed by atoms with E-state index in [1.165, 1.54) is 7.05 Å². The summed E-state index contributed by atoms with van der Waals surface area (Å²) in [6.07, 6.45) is 3.90. The molecule has 0 bridgehead atoms. The number of fused-ring (bicyclic) bond motifs is 1. The topological polar surface area (TPSA) is 74.8 Å². The molecule has 1 heterocycles. The first kappa shape index (κ1) is 19.6. The molecule has 0 radical (unpaired) electrons. The highest BCUT2D eigenvalue weighted by molar-refractivity contribution is 9.10. The van der Waals surface area contributed by atoms with E-state index in [0.29, 0.717) is 5.56 Å². The van der Waals surface area contributed by atoms with Crippen LogP contribution in [0.1, 0.15) is 11.4 Å². The third-order valence-electron chi connectivity index (χ3n) is 4.54. The van der Waals surface area contributed by atoms with Crippen LogP contribution >= 0.6 is 15.9 Å². The molecule has 0 atom stereocenters. The SMILES string of the molecule is CNS(=O)(=O)c1ccccc1-c1ccc2[nH]c(/C=C/c3cccc(Br)c3)nc2c1. The minimum Gasteiger partial charge on any atom is -0.338 e. The fourth-order valence-corrected chi connectivity index (χ4v) is 4.48. The predicted octanol–water partition coefficient (Wildman–Crippen LogP) is 5.07. The lowest BCUT2D eigenvalue weighted by atomic mass is 10.1. The van der Waals surface area contributed by atoms with Gasteiger partial charge >= 0.3 is 0 Å². The number of H-pyrrole nitrogens is 1. The average Bonchev–Trinajstić information content (AvgIpc) is 3.14. The molecule has 0 amide bonds. The van der Waals surface area contributed by atoms with Crippen molar-refractivity contribution >= 4 is 49.1 Å². The van der Waals surface area contributed by atoms with Gasteiger partial charge in [-0.3, -0.25) is 0 Å². The summed E-state index contributed by atoms with van der Waals surface area (Å²) in [5.74, 6) is 0.730. The molecule has 0 aliphatic rings. The third-order valence-corrected chi connectivity index (χ3v) is 6.51. The first-order chi connectivity index (χ1) is 14.0. The number of benzene rings is 3. The first-order valence-corrected chi connectivity index (χ1v) is 11.2. The number of halogens is 1. The van der Waals surface area contributed by atoms with Crippen molar-refractivity contribution in [2.75, 3.05) is 7.05 Å². The Morgan fingerprint density at radius 1 is 1.00 bits per heavy atom. The number of nitrogens with one attached hydrogen (secondary N) is 2.